The molecule has 0 saturated heterocycles. The molecule has 0 aliphatic heterocycles. The maximum atomic E-state index is 12.5. The second-order valence-corrected chi connectivity index (χ2v) is 12.7. The number of aromatic nitrogens is 2. The van der Waals surface area contributed by atoms with Gasteiger partial charge in [0.15, 0.2) is 0 Å². The Morgan fingerprint density at radius 1 is 0.750 bits per heavy atom. The van der Waals surface area contributed by atoms with Crippen LogP contribution < -0.4 is 109 Å². The zero-order chi connectivity index (χ0) is 38.5. The molecule has 0 spiro atoms. The predicted molar refractivity (Wildman–Crippen MR) is 168 cm³/mol. The fraction of sp³-hybridized carbons (Fsp3) is 0.0345. The number of aliphatic imine (C=N–C) groups is 1. The van der Waals surface area contributed by atoms with E-state index < -0.39 is 85.8 Å². The summed E-state index contributed by atoms with van der Waals surface area (Å²) in [5.41, 5.74) is -2.50. The van der Waals surface area contributed by atoms with Crippen LogP contribution in [0.25, 0.3) is 5.69 Å². The normalized spacial score (nSPS) is 10.9. The minimum atomic E-state index is -5.29. The quantitative estimate of drug-likeness (QED) is 0.0359. The number of nitro groups is 2. The fourth-order valence-corrected chi connectivity index (χ4v) is 5.30. The minimum absolute atomic E-state index is 0. The van der Waals surface area contributed by atoms with Gasteiger partial charge in [0, 0.05) is 36.4 Å². The van der Waals surface area contributed by atoms with Crippen molar-refractivity contribution < 1.29 is 162 Å². The number of aryl methyl sites for hydroxylation is 1. The topological polar surface area (TPSA) is 345 Å². The molecule has 1 heterocycles. The Morgan fingerprint density at radius 3 is 1.77 bits per heavy atom. The van der Waals surface area contributed by atoms with Crippen molar-refractivity contribution in [1.29, 1.82) is 0 Å². The summed E-state index contributed by atoms with van der Waals surface area (Å²) in [5, 5.41) is 81.0. The zero-order valence-electron chi connectivity index (χ0n) is 29.2. The molecule has 5 aromatic rings. The number of rotatable bonds is 9. The number of azo groups is 1. The van der Waals surface area contributed by atoms with E-state index in [1.165, 1.54) is 31.2 Å². The Bertz CT molecular complexity index is 2510. The van der Waals surface area contributed by atoms with E-state index in [4.69, 9.17) is 4.55 Å². The first-order chi connectivity index (χ1) is 24.3. The van der Waals surface area contributed by atoms with Crippen molar-refractivity contribution in [2.45, 2.75) is 16.7 Å². The van der Waals surface area contributed by atoms with Gasteiger partial charge in [0.05, 0.1) is 42.4 Å². The molecule has 1 radical (unpaired) electrons. The van der Waals surface area contributed by atoms with Crippen molar-refractivity contribution in [3.05, 3.63) is 110 Å². The van der Waals surface area contributed by atoms with Gasteiger partial charge in [0.2, 0.25) is 0 Å². The third-order valence-electron chi connectivity index (χ3n) is 6.52. The Kier molecular flexibility index (Phi) is 20.7. The van der Waals surface area contributed by atoms with Gasteiger partial charge in [-0.1, -0.05) is 54.0 Å². The number of nitrogens with zero attached hydrogens (tertiary/aromatic N) is 7. The van der Waals surface area contributed by atoms with Crippen LogP contribution in [0.1, 0.15) is 11.3 Å². The van der Waals surface area contributed by atoms with Gasteiger partial charge in [-0.05, 0) is 24.6 Å². The van der Waals surface area contributed by atoms with E-state index in [-0.39, 0.29) is 123 Å². The Hall–Kier alpha value is -3.29. The van der Waals surface area contributed by atoms with Crippen molar-refractivity contribution in [3.8, 4) is 28.8 Å². The van der Waals surface area contributed by atoms with Gasteiger partial charge < -0.3 is 25.0 Å². The van der Waals surface area contributed by atoms with E-state index >= 15 is 0 Å². The average Bonchev–Trinajstić information content (AvgIpc) is 3.36. The fourth-order valence-electron chi connectivity index (χ4n) is 4.09. The van der Waals surface area contributed by atoms with Crippen LogP contribution in [-0.2, 0) is 37.6 Å². The number of para-hydroxylation sites is 2. The molecule has 4 aromatic carbocycles. The molecular formula is C29H18CrN7Na3O14S2+. The van der Waals surface area contributed by atoms with Crippen LogP contribution in [0.15, 0.2) is 104 Å². The van der Waals surface area contributed by atoms with E-state index in [2.05, 4.69) is 20.3 Å². The third-order valence-corrected chi connectivity index (χ3v) is 8.22. The van der Waals surface area contributed by atoms with Crippen LogP contribution in [-0.4, -0.2) is 51.8 Å². The van der Waals surface area contributed by atoms with E-state index in [9.17, 15) is 62.0 Å². The van der Waals surface area contributed by atoms with Crippen LogP contribution in [0, 0.1) is 27.2 Å². The van der Waals surface area contributed by atoms with Gasteiger partial charge in [-0.3, -0.25) is 29.8 Å². The van der Waals surface area contributed by atoms with E-state index in [1.807, 2.05) is 0 Å². The van der Waals surface area contributed by atoms with E-state index in [0.29, 0.717) is 23.9 Å². The van der Waals surface area contributed by atoms with Crippen LogP contribution in [0.2, 0.25) is 0 Å². The molecule has 0 aliphatic carbocycles. The summed E-state index contributed by atoms with van der Waals surface area (Å²) in [6.07, 6.45) is 0.983. The molecule has 1 N–H and O–H groups in total. The van der Waals surface area contributed by atoms with Gasteiger partial charge >= 0.3 is 106 Å². The van der Waals surface area contributed by atoms with Crippen LogP contribution >= 0.6 is 0 Å². The maximum absolute atomic E-state index is 12.5. The van der Waals surface area contributed by atoms with Crippen molar-refractivity contribution in [3.63, 3.8) is 0 Å². The molecule has 0 saturated carbocycles. The second kappa shape index (κ2) is 22.0. The molecule has 0 aliphatic rings. The molecule has 5 rings (SSSR count). The summed E-state index contributed by atoms with van der Waals surface area (Å²) in [7, 11) is -10.2. The molecular weight excluding hydrogens is 855 g/mol. The Labute approximate surface area is 393 Å². The number of hydrogen-bond donors (Lipinski definition) is 1. The summed E-state index contributed by atoms with van der Waals surface area (Å²) in [6, 6.07) is 16.2. The summed E-state index contributed by atoms with van der Waals surface area (Å²) in [5.74, 6) is -3.65. The van der Waals surface area contributed by atoms with Crippen molar-refractivity contribution in [2.24, 2.45) is 15.2 Å². The van der Waals surface area contributed by atoms with Crippen molar-refractivity contribution in [2.75, 3.05) is 0 Å². The summed E-state index contributed by atoms with van der Waals surface area (Å²) < 4.78 is 65.9. The van der Waals surface area contributed by atoms with E-state index in [0.717, 1.165) is 17.0 Å². The standard InChI is InChI=1S/C16H13N5O7S.C13H10N2O7S.Cr.3Na/c1-9-14(16(23)20(19-9)10-5-3-2-4-6-10)18-17-12-7-11(21(24)25)8-13(15(12)22)29(26,27)28;16-11-4-2-1-3-8(11)7-14-10-5-9(15(18)19)6-12(13(10)17)23(20,21)22;;;;/h2-8,22-23H,1H3,(H,26,27,28);1-7,16-17H,(H,20,21,22);;;;/q;;+3;3*+1/p-5. The Balaban J connectivity index is 0.00000103. The molecule has 21 nitrogen and oxygen atoms in total. The molecule has 0 bridgehead atoms. The van der Waals surface area contributed by atoms with Gasteiger partial charge in [-0.2, -0.15) is 18.6 Å². The first-order valence-electron chi connectivity index (χ1n) is 13.8. The number of non-ortho nitro benzene ring substituents is 2. The summed E-state index contributed by atoms with van der Waals surface area (Å²) >= 11 is 0. The summed E-state index contributed by atoms with van der Waals surface area (Å²) in [6.45, 7) is 1.45. The van der Waals surface area contributed by atoms with Gasteiger partial charge in [-0.15, -0.1) is 10.9 Å². The largest absolute Gasteiger partial charge is 3.00 e. The van der Waals surface area contributed by atoms with Crippen molar-refractivity contribution >= 4 is 54.9 Å². The molecule has 0 amide bonds. The first kappa shape index (κ1) is 52.7. The van der Waals surface area contributed by atoms with Crippen molar-refractivity contribution in [1.82, 2.24) is 9.78 Å². The maximum Gasteiger partial charge on any atom is 3.00 e. The molecule has 0 fully saturated rings. The number of nitro benzene ring substituents is 2. The first-order valence-corrected chi connectivity index (χ1v) is 16.6. The zero-order valence-corrected chi connectivity index (χ0v) is 38.1. The molecule has 56 heavy (non-hydrogen) atoms. The molecule has 27 heteroatoms. The molecule has 273 valence electrons. The van der Waals surface area contributed by atoms with Crippen LogP contribution in [0.3, 0.4) is 0 Å². The smallest absolute Gasteiger partial charge is 0.872 e. The summed E-state index contributed by atoms with van der Waals surface area (Å²) in [4.78, 5) is 21.0. The molecule has 0 atom stereocenters. The monoisotopic (exact) mass is 873 g/mol. The number of hydrogen-bond acceptors (Lipinski definition) is 17. The van der Waals surface area contributed by atoms with E-state index in [1.54, 1.807) is 30.3 Å². The average molecular weight is 874 g/mol. The third kappa shape index (κ3) is 13.1. The van der Waals surface area contributed by atoms with Gasteiger partial charge in [0.1, 0.15) is 15.8 Å². The van der Waals surface area contributed by atoms with Crippen LogP contribution in [0.4, 0.5) is 28.4 Å². The predicted octanol–water partition coefficient (Wildman–Crippen LogP) is -6.70. The van der Waals surface area contributed by atoms with Crippen LogP contribution in [0.5, 0.6) is 23.1 Å². The molecule has 1 aromatic heterocycles. The SMILES string of the molecule is Cc1nn(-c2ccccc2)c([O-])c1N=Nc1cc([N+](=O)[O-])cc(S(=O)(=O)[O-])c1[O-].O=[N+]([O-])c1cc(N=Cc2ccccc2[O-])c([O-])c(S(=O)(=O)O)c1.[Cr+3].[Na+].[Na+].[Na+]. The number of benzene rings is 4. The second-order valence-electron chi connectivity index (χ2n) is 10.0. The van der Waals surface area contributed by atoms with Gasteiger partial charge in [-0.25, -0.2) is 13.1 Å². The molecule has 0 unspecified atom stereocenters. The Morgan fingerprint density at radius 2 is 1.25 bits per heavy atom. The minimum Gasteiger partial charge on any atom is -0.872 e. The van der Waals surface area contributed by atoms with Gasteiger partial charge in [0.25, 0.3) is 21.5 Å².